The fraction of sp³-hybridized carbons (Fsp3) is 0.304. The van der Waals surface area contributed by atoms with Crippen LogP contribution >= 0.6 is 15.9 Å². The van der Waals surface area contributed by atoms with Crippen LogP contribution < -0.4 is 10.3 Å². The normalized spacial score (nSPS) is 13.1. The van der Waals surface area contributed by atoms with Crippen molar-refractivity contribution in [3.63, 3.8) is 0 Å². The lowest BCUT2D eigenvalue weighted by atomic mass is 10.1. The predicted octanol–water partition coefficient (Wildman–Crippen LogP) is 4.40. The molecule has 0 unspecified atom stereocenters. The SMILES string of the molecule is CC[C@@H](C)c1nc2ccc(Br)cc2c(=O)n1N=Cc1cccc([N+](=O)[O-])c1O[C@@H](C)C(=O)OC. The van der Waals surface area contributed by atoms with Crippen molar-refractivity contribution in [2.75, 3.05) is 7.11 Å². The van der Waals surface area contributed by atoms with Crippen LogP contribution in [0.2, 0.25) is 0 Å². The number of fused-ring (bicyclic) bond motifs is 1. The van der Waals surface area contributed by atoms with E-state index >= 15 is 0 Å². The summed E-state index contributed by atoms with van der Waals surface area (Å²) < 4.78 is 12.1. The van der Waals surface area contributed by atoms with E-state index in [4.69, 9.17) is 4.74 Å². The largest absolute Gasteiger partial charge is 0.471 e. The monoisotopic (exact) mass is 530 g/mol. The van der Waals surface area contributed by atoms with Crippen LogP contribution in [0, 0.1) is 10.1 Å². The van der Waals surface area contributed by atoms with E-state index in [1.54, 1.807) is 18.2 Å². The van der Waals surface area contributed by atoms with Crippen LogP contribution in [0.15, 0.2) is 50.8 Å². The van der Waals surface area contributed by atoms with Gasteiger partial charge in [-0.05, 0) is 37.6 Å². The van der Waals surface area contributed by atoms with Crippen molar-refractivity contribution in [3.8, 4) is 5.75 Å². The Morgan fingerprint density at radius 1 is 1.32 bits per heavy atom. The summed E-state index contributed by atoms with van der Waals surface area (Å²) >= 11 is 3.37. The van der Waals surface area contributed by atoms with Gasteiger partial charge in [0, 0.05) is 22.0 Å². The van der Waals surface area contributed by atoms with E-state index in [0.717, 1.165) is 4.47 Å². The molecule has 0 fully saturated rings. The van der Waals surface area contributed by atoms with Gasteiger partial charge in [0.1, 0.15) is 5.82 Å². The van der Waals surface area contributed by atoms with Crippen molar-refractivity contribution in [1.29, 1.82) is 0 Å². The fourth-order valence-electron chi connectivity index (χ4n) is 3.21. The molecule has 0 amide bonds. The number of methoxy groups -OCH3 is 1. The number of para-hydroxylation sites is 1. The van der Waals surface area contributed by atoms with Crippen LogP contribution in [-0.2, 0) is 9.53 Å². The van der Waals surface area contributed by atoms with Gasteiger partial charge < -0.3 is 9.47 Å². The number of carbonyl (C=O) groups is 1. The third kappa shape index (κ3) is 5.14. The molecule has 2 atom stereocenters. The molecule has 0 bridgehead atoms. The maximum Gasteiger partial charge on any atom is 0.346 e. The van der Waals surface area contributed by atoms with Crippen molar-refractivity contribution < 1.29 is 19.2 Å². The first kappa shape index (κ1) is 25.0. The smallest absolute Gasteiger partial charge is 0.346 e. The summed E-state index contributed by atoms with van der Waals surface area (Å²) in [6.07, 6.45) is 0.896. The highest BCUT2D eigenvalue weighted by Gasteiger charge is 2.24. The molecular weight excluding hydrogens is 508 g/mol. The van der Waals surface area contributed by atoms with Gasteiger partial charge in [0.2, 0.25) is 5.75 Å². The maximum atomic E-state index is 13.3. The molecule has 11 heteroatoms. The van der Waals surface area contributed by atoms with E-state index in [-0.39, 0.29) is 28.5 Å². The Morgan fingerprint density at radius 2 is 2.06 bits per heavy atom. The predicted molar refractivity (Wildman–Crippen MR) is 131 cm³/mol. The molecule has 178 valence electrons. The molecule has 0 saturated heterocycles. The van der Waals surface area contributed by atoms with Crippen LogP contribution in [0.25, 0.3) is 10.9 Å². The Bertz CT molecular complexity index is 1340. The van der Waals surface area contributed by atoms with Crippen molar-refractivity contribution >= 4 is 44.7 Å². The first-order valence-electron chi connectivity index (χ1n) is 10.5. The summed E-state index contributed by atoms with van der Waals surface area (Å²) in [7, 11) is 1.19. The minimum Gasteiger partial charge on any atom is -0.471 e. The highest BCUT2D eigenvalue weighted by atomic mass is 79.9. The summed E-state index contributed by atoms with van der Waals surface area (Å²) in [5.74, 6) is -0.489. The molecule has 3 rings (SSSR count). The molecule has 0 N–H and O–H groups in total. The Kier molecular flexibility index (Phi) is 7.77. The summed E-state index contributed by atoms with van der Waals surface area (Å²) in [6, 6.07) is 9.47. The molecule has 0 spiro atoms. The Morgan fingerprint density at radius 3 is 2.71 bits per heavy atom. The zero-order chi connectivity index (χ0) is 25.0. The van der Waals surface area contributed by atoms with Gasteiger partial charge in [-0.3, -0.25) is 14.9 Å². The number of nitro groups is 1. The van der Waals surface area contributed by atoms with Gasteiger partial charge in [-0.25, -0.2) is 9.78 Å². The van der Waals surface area contributed by atoms with E-state index < -0.39 is 17.0 Å². The molecule has 10 nitrogen and oxygen atoms in total. The van der Waals surface area contributed by atoms with E-state index in [1.165, 1.54) is 43.1 Å². The minimum atomic E-state index is -1.10. The molecule has 1 aromatic heterocycles. The quantitative estimate of drug-likeness (QED) is 0.183. The van der Waals surface area contributed by atoms with Gasteiger partial charge >= 0.3 is 11.7 Å². The van der Waals surface area contributed by atoms with Crippen LogP contribution in [0.3, 0.4) is 0 Å². The van der Waals surface area contributed by atoms with Crippen LogP contribution in [0.4, 0.5) is 5.69 Å². The average Bonchev–Trinajstić information content (AvgIpc) is 2.82. The number of aromatic nitrogens is 2. The number of benzene rings is 2. The maximum absolute atomic E-state index is 13.3. The number of halogens is 1. The summed E-state index contributed by atoms with van der Waals surface area (Å²) in [5, 5.41) is 16.3. The topological polar surface area (TPSA) is 126 Å². The van der Waals surface area contributed by atoms with E-state index in [2.05, 4.69) is 30.8 Å². The molecule has 0 aliphatic rings. The third-order valence-electron chi connectivity index (χ3n) is 5.25. The van der Waals surface area contributed by atoms with Crippen LogP contribution in [0.5, 0.6) is 5.75 Å². The first-order chi connectivity index (χ1) is 16.2. The second-order valence-electron chi connectivity index (χ2n) is 7.54. The number of nitro benzene ring substituents is 1. The first-order valence-corrected chi connectivity index (χ1v) is 11.3. The Balaban J connectivity index is 2.19. The second-order valence-corrected chi connectivity index (χ2v) is 8.45. The van der Waals surface area contributed by atoms with Crippen molar-refractivity contribution in [2.45, 2.75) is 39.2 Å². The van der Waals surface area contributed by atoms with E-state index in [0.29, 0.717) is 23.1 Å². The number of esters is 1. The van der Waals surface area contributed by atoms with Gasteiger partial charge in [0.25, 0.3) is 5.56 Å². The van der Waals surface area contributed by atoms with Crippen LogP contribution in [-0.4, -0.2) is 40.0 Å². The highest BCUT2D eigenvalue weighted by Crippen LogP contribution is 2.31. The summed E-state index contributed by atoms with van der Waals surface area (Å²) in [4.78, 5) is 40.7. The molecule has 3 aromatic rings. The number of hydrogen-bond acceptors (Lipinski definition) is 8. The lowest BCUT2D eigenvalue weighted by Crippen LogP contribution is -2.26. The van der Waals surface area contributed by atoms with Gasteiger partial charge in [0.15, 0.2) is 6.10 Å². The molecule has 1 heterocycles. The third-order valence-corrected chi connectivity index (χ3v) is 5.74. The van der Waals surface area contributed by atoms with Crippen molar-refractivity contribution in [1.82, 2.24) is 9.66 Å². The zero-order valence-electron chi connectivity index (χ0n) is 19.0. The number of hydrogen-bond donors (Lipinski definition) is 0. The fourth-order valence-corrected chi connectivity index (χ4v) is 3.57. The van der Waals surface area contributed by atoms with Crippen LogP contribution in [0.1, 0.15) is 44.5 Å². The van der Waals surface area contributed by atoms with Crippen molar-refractivity contribution in [2.24, 2.45) is 5.10 Å². The molecule has 2 aromatic carbocycles. The molecule has 0 radical (unpaired) electrons. The van der Waals surface area contributed by atoms with Crippen molar-refractivity contribution in [3.05, 3.63) is 72.7 Å². The molecule has 0 aliphatic heterocycles. The van der Waals surface area contributed by atoms with Gasteiger partial charge in [0.05, 0.1) is 29.2 Å². The Hall–Kier alpha value is -3.60. The summed E-state index contributed by atoms with van der Waals surface area (Å²) in [6.45, 7) is 5.32. The number of carbonyl (C=O) groups excluding carboxylic acids is 1. The number of nitrogens with zero attached hydrogens (tertiary/aromatic N) is 4. The van der Waals surface area contributed by atoms with Gasteiger partial charge in [-0.2, -0.15) is 9.78 Å². The average molecular weight is 531 g/mol. The number of ether oxygens (including phenoxy) is 2. The molecular formula is C23H23BrN4O6. The standard InChI is InChI=1S/C23H23BrN4O6/c1-5-13(2)21-26-18-10-9-16(24)11-17(18)22(29)27(21)25-12-15-7-6-8-19(28(31)32)20(15)34-14(3)23(30)33-4/h6-14H,5H2,1-4H3/t13-,14+/m1/s1. The van der Waals surface area contributed by atoms with Gasteiger partial charge in [-0.1, -0.05) is 35.8 Å². The summed E-state index contributed by atoms with van der Waals surface area (Å²) in [5.41, 5.74) is 0.0194. The molecule has 0 aliphatic carbocycles. The van der Waals surface area contributed by atoms with Gasteiger partial charge in [-0.15, -0.1) is 0 Å². The molecule has 0 saturated carbocycles. The lowest BCUT2D eigenvalue weighted by Gasteiger charge is -2.15. The Labute approximate surface area is 203 Å². The highest BCUT2D eigenvalue weighted by molar-refractivity contribution is 9.10. The zero-order valence-corrected chi connectivity index (χ0v) is 20.6. The lowest BCUT2D eigenvalue weighted by molar-refractivity contribution is -0.386. The number of rotatable bonds is 8. The second kappa shape index (κ2) is 10.6. The van der Waals surface area contributed by atoms with E-state index in [1.807, 2.05) is 13.8 Å². The molecule has 34 heavy (non-hydrogen) atoms. The van der Waals surface area contributed by atoms with E-state index in [9.17, 15) is 19.7 Å². The minimum absolute atomic E-state index is 0.0851.